The Bertz CT molecular complexity index is 693. The fourth-order valence-corrected chi connectivity index (χ4v) is 4.20. The molecule has 0 aliphatic heterocycles. The van der Waals surface area contributed by atoms with Gasteiger partial charge in [0.1, 0.15) is 0 Å². The molecule has 0 heterocycles. The van der Waals surface area contributed by atoms with Crippen molar-refractivity contribution in [2.24, 2.45) is 0 Å². The van der Waals surface area contributed by atoms with E-state index in [2.05, 4.69) is 48.5 Å². The van der Waals surface area contributed by atoms with E-state index in [1.54, 1.807) is 0 Å². The van der Waals surface area contributed by atoms with Gasteiger partial charge in [-0.05, 0) is 0 Å². The first-order valence-corrected chi connectivity index (χ1v) is 9.55. The Labute approximate surface area is 126 Å². The summed E-state index contributed by atoms with van der Waals surface area (Å²) in [6.45, 7) is 0. The summed E-state index contributed by atoms with van der Waals surface area (Å²) in [5.74, 6) is 0. The van der Waals surface area contributed by atoms with E-state index in [0.717, 1.165) is 4.16 Å². The van der Waals surface area contributed by atoms with Gasteiger partial charge in [-0.1, -0.05) is 0 Å². The van der Waals surface area contributed by atoms with Crippen LogP contribution in [-0.4, -0.2) is 3.93 Å². The summed E-state index contributed by atoms with van der Waals surface area (Å²) in [6, 6.07) is 27.0. The van der Waals surface area contributed by atoms with Gasteiger partial charge >= 0.3 is 127 Å². The minimum absolute atomic E-state index is 1.14. The molecule has 3 aromatic carbocycles. The third-order valence-corrected chi connectivity index (χ3v) is 5.42. The second kappa shape index (κ2) is 6.13. The van der Waals surface area contributed by atoms with Crippen LogP contribution in [0, 0.1) is 0 Å². The summed E-state index contributed by atoms with van der Waals surface area (Å²) in [5.41, 5.74) is 4.78. The summed E-state index contributed by atoms with van der Waals surface area (Å²) in [5, 5.41) is 0. The normalized spacial score (nSPS) is 10.1. The summed E-state index contributed by atoms with van der Waals surface area (Å²) in [4.78, 5) is 0. The molecule has 20 heavy (non-hydrogen) atoms. The molecule has 3 aromatic rings. The Morgan fingerprint density at radius 2 is 1.20 bits per heavy atom. The van der Waals surface area contributed by atoms with Gasteiger partial charge < -0.3 is 0 Å². The summed E-state index contributed by atoms with van der Waals surface area (Å²) in [7, 11) is 0. The third kappa shape index (κ3) is 2.58. The Hall–Kier alpha value is -1.76. The topological polar surface area (TPSA) is 20.2 Å². The fraction of sp³-hybridized carbons (Fsp3) is 0. The minimum atomic E-state index is -1.65. The van der Waals surface area contributed by atoms with Crippen molar-refractivity contribution in [1.82, 2.24) is 0 Å². The summed E-state index contributed by atoms with van der Waals surface area (Å²) >= 11 is -1.65. The zero-order chi connectivity index (χ0) is 13.8. The van der Waals surface area contributed by atoms with Crippen LogP contribution in [-0.2, 0) is 17.5 Å². The molecular formula is C18H14OZn. The Balaban J connectivity index is 2.26. The van der Waals surface area contributed by atoms with Crippen LogP contribution in [0.3, 0.4) is 0 Å². The molecule has 2 heteroatoms. The first-order valence-electron chi connectivity index (χ1n) is 6.74. The number of rotatable bonds is 3. The quantitative estimate of drug-likeness (QED) is 0.732. The molecule has 0 unspecified atom stereocenters. The molecule has 1 nitrogen and oxygen atoms in total. The van der Waals surface area contributed by atoms with Gasteiger partial charge in [-0.15, -0.1) is 0 Å². The molecule has 94 valence electrons. The summed E-state index contributed by atoms with van der Waals surface area (Å²) in [6.07, 6.45) is 0. The van der Waals surface area contributed by atoms with Crippen LogP contribution in [0.2, 0.25) is 0 Å². The van der Waals surface area contributed by atoms with Gasteiger partial charge in [0.15, 0.2) is 0 Å². The molecule has 0 fully saturated rings. The molecule has 0 amide bonds. The van der Waals surface area contributed by atoms with E-state index >= 15 is 0 Å². The van der Waals surface area contributed by atoms with Crippen LogP contribution in [0.15, 0.2) is 78.9 Å². The number of benzene rings is 3. The second-order valence-corrected chi connectivity index (χ2v) is 6.99. The average molecular weight is 312 g/mol. The maximum absolute atomic E-state index is 9.84. The Morgan fingerprint density at radius 3 is 1.80 bits per heavy atom. The van der Waals surface area contributed by atoms with Crippen molar-refractivity contribution in [2.75, 3.05) is 0 Å². The number of hydrogen-bond acceptors (Lipinski definition) is 1. The van der Waals surface area contributed by atoms with Gasteiger partial charge in [0, 0.05) is 0 Å². The molecule has 0 saturated carbocycles. The first kappa shape index (κ1) is 13.2. The molecule has 0 saturated heterocycles. The molecular weight excluding hydrogens is 298 g/mol. The van der Waals surface area contributed by atoms with Crippen molar-refractivity contribution >= 4 is 4.16 Å². The van der Waals surface area contributed by atoms with Crippen LogP contribution in [0.25, 0.3) is 22.3 Å². The molecule has 0 aromatic heterocycles. The van der Waals surface area contributed by atoms with Gasteiger partial charge in [0.2, 0.25) is 0 Å². The average Bonchev–Trinajstić information content (AvgIpc) is 2.55. The monoisotopic (exact) mass is 310 g/mol. The third-order valence-electron chi connectivity index (χ3n) is 3.47. The Kier molecular flexibility index (Phi) is 4.06. The van der Waals surface area contributed by atoms with Crippen LogP contribution in [0.4, 0.5) is 0 Å². The van der Waals surface area contributed by atoms with Crippen molar-refractivity contribution in [1.29, 1.82) is 0 Å². The standard InChI is InChI=1S/C18H13.H2O.Zn/c1-3-9-15(10-4-1)17-13-7-8-14-18(17)16-11-5-2-6-12-16;;/h1-13H;1H2;/q;;+1/p-1. The van der Waals surface area contributed by atoms with E-state index in [-0.39, 0.29) is 0 Å². The van der Waals surface area contributed by atoms with Crippen molar-refractivity contribution in [3.63, 3.8) is 0 Å². The second-order valence-electron chi connectivity index (χ2n) is 4.73. The molecule has 0 aliphatic carbocycles. The molecule has 3 rings (SSSR count). The van der Waals surface area contributed by atoms with E-state index < -0.39 is 17.5 Å². The van der Waals surface area contributed by atoms with Crippen molar-refractivity contribution in [3.05, 3.63) is 78.9 Å². The SMILES string of the molecule is [OH][Zn][c]1cccc(-c2ccccc2)c1-c1ccccc1. The van der Waals surface area contributed by atoms with E-state index in [9.17, 15) is 3.93 Å². The van der Waals surface area contributed by atoms with Gasteiger partial charge in [-0.2, -0.15) is 0 Å². The van der Waals surface area contributed by atoms with Crippen molar-refractivity contribution in [3.8, 4) is 22.3 Å². The van der Waals surface area contributed by atoms with Crippen LogP contribution in [0.5, 0.6) is 0 Å². The van der Waals surface area contributed by atoms with Gasteiger partial charge in [0.05, 0.1) is 0 Å². The molecule has 0 bridgehead atoms. The number of hydrogen-bond donors (Lipinski definition) is 1. The van der Waals surface area contributed by atoms with Crippen LogP contribution in [0.1, 0.15) is 0 Å². The van der Waals surface area contributed by atoms with Crippen molar-refractivity contribution < 1.29 is 21.4 Å². The van der Waals surface area contributed by atoms with Crippen LogP contribution >= 0.6 is 0 Å². The Morgan fingerprint density at radius 1 is 0.600 bits per heavy atom. The zero-order valence-electron chi connectivity index (χ0n) is 11.2. The van der Waals surface area contributed by atoms with Gasteiger partial charge in [0.25, 0.3) is 0 Å². The van der Waals surface area contributed by atoms with E-state index in [0.29, 0.717) is 0 Å². The predicted octanol–water partition coefficient (Wildman–Crippen LogP) is 3.64. The van der Waals surface area contributed by atoms with Crippen LogP contribution < -0.4 is 4.16 Å². The zero-order valence-corrected chi connectivity index (χ0v) is 14.1. The van der Waals surface area contributed by atoms with E-state index in [4.69, 9.17) is 0 Å². The van der Waals surface area contributed by atoms with E-state index in [1.165, 1.54) is 22.3 Å². The molecule has 0 spiro atoms. The van der Waals surface area contributed by atoms with Gasteiger partial charge in [-0.3, -0.25) is 0 Å². The molecule has 1 N–H and O–H groups in total. The van der Waals surface area contributed by atoms with Crippen molar-refractivity contribution in [2.45, 2.75) is 0 Å². The maximum atomic E-state index is 9.84. The molecule has 0 atom stereocenters. The van der Waals surface area contributed by atoms with E-state index in [1.807, 2.05) is 30.3 Å². The first-order chi connectivity index (χ1) is 9.90. The van der Waals surface area contributed by atoms with Gasteiger partial charge in [-0.25, -0.2) is 0 Å². The predicted molar refractivity (Wildman–Crippen MR) is 79.2 cm³/mol. The summed E-state index contributed by atoms with van der Waals surface area (Å²) < 4.78 is 11.0. The fourth-order valence-electron chi connectivity index (χ4n) is 2.54. The molecule has 0 radical (unpaired) electrons. The molecule has 0 aliphatic rings.